The maximum atomic E-state index is 6.32. The maximum Gasteiger partial charge on any atom is 0.0498 e. The van der Waals surface area contributed by atoms with Gasteiger partial charge in [-0.2, -0.15) is 0 Å². The highest BCUT2D eigenvalue weighted by Gasteiger charge is 2.51. The van der Waals surface area contributed by atoms with Gasteiger partial charge in [0.05, 0.1) is 0 Å². The highest BCUT2D eigenvalue weighted by atomic mass is 15.3. The largest absolute Gasteiger partial charge is 0.329 e. The van der Waals surface area contributed by atoms with Crippen molar-refractivity contribution in [1.82, 2.24) is 9.80 Å². The third kappa shape index (κ3) is 2.24. The molecule has 0 saturated carbocycles. The van der Waals surface area contributed by atoms with Crippen LogP contribution in [0.2, 0.25) is 0 Å². The molecule has 3 saturated heterocycles. The summed E-state index contributed by atoms with van der Waals surface area (Å²) in [4.78, 5) is 5.52. The summed E-state index contributed by atoms with van der Waals surface area (Å²) >= 11 is 0. The molecule has 3 aliphatic heterocycles. The second-order valence-electron chi connectivity index (χ2n) is 7.29. The minimum Gasteiger partial charge on any atom is -0.329 e. The molecule has 3 nitrogen and oxygen atoms in total. The van der Waals surface area contributed by atoms with E-state index in [-0.39, 0.29) is 0 Å². The summed E-state index contributed by atoms with van der Waals surface area (Å²) in [6, 6.07) is 0.742. The van der Waals surface area contributed by atoms with Gasteiger partial charge in [0.15, 0.2) is 0 Å². The smallest absolute Gasteiger partial charge is 0.0498 e. The average molecular weight is 265 g/mol. The lowest BCUT2D eigenvalue weighted by Gasteiger charge is -2.51. The molecule has 3 fully saturated rings. The molecule has 0 aliphatic carbocycles. The first kappa shape index (κ1) is 13.8. The van der Waals surface area contributed by atoms with Gasteiger partial charge in [-0.1, -0.05) is 20.3 Å². The van der Waals surface area contributed by atoms with Crippen LogP contribution in [0, 0.1) is 11.8 Å². The Hall–Kier alpha value is -0.120. The number of fused-ring (bicyclic) bond motifs is 1. The zero-order valence-electron chi connectivity index (χ0n) is 12.8. The third-order valence-electron chi connectivity index (χ3n) is 6.38. The Morgan fingerprint density at radius 1 is 1.05 bits per heavy atom. The van der Waals surface area contributed by atoms with Gasteiger partial charge >= 0.3 is 0 Å². The zero-order chi connectivity index (χ0) is 13.5. The van der Waals surface area contributed by atoms with Crippen LogP contribution in [0.15, 0.2) is 0 Å². The van der Waals surface area contributed by atoms with E-state index in [1.807, 2.05) is 0 Å². The SMILES string of the molecule is CC1CCN(C2(CN)CCN3CCCCC32)CC1C. The van der Waals surface area contributed by atoms with Crippen LogP contribution in [0.3, 0.4) is 0 Å². The first-order chi connectivity index (χ1) is 9.17. The van der Waals surface area contributed by atoms with Crippen molar-refractivity contribution in [1.29, 1.82) is 0 Å². The van der Waals surface area contributed by atoms with Crippen molar-refractivity contribution in [3.63, 3.8) is 0 Å². The number of nitrogens with zero attached hydrogens (tertiary/aromatic N) is 2. The fraction of sp³-hybridized carbons (Fsp3) is 1.00. The van der Waals surface area contributed by atoms with E-state index in [1.165, 1.54) is 58.3 Å². The van der Waals surface area contributed by atoms with Crippen molar-refractivity contribution in [3.05, 3.63) is 0 Å². The predicted octanol–water partition coefficient (Wildman–Crippen LogP) is 1.92. The first-order valence-corrected chi connectivity index (χ1v) is 8.36. The van der Waals surface area contributed by atoms with E-state index in [2.05, 4.69) is 23.6 Å². The number of rotatable bonds is 2. The molecular formula is C16H31N3. The van der Waals surface area contributed by atoms with E-state index in [1.54, 1.807) is 0 Å². The Morgan fingerprint density at radius 2 is 1.89 bits per heavy atom. The Bertz CT molecular complexity index is 319. The summed E-state index contributed by atoms with van der Waals surface area (Å²) in [5.41, 5.74) is 6.62. The van der Waals surface area contributed by atoms with Gasteiger partial charge in [-0.25, -0.2) is 0 Å². The molecule has 0 amide bonds. The highest BCUT2D eigenvalue weighted by Crippen LogP contribution is 2.41. The molecule has 0 aromatic heterocycles. The van der Waals surface area contributed by atoms with Gasteiger partial charge in [0.25, 0.3) is 0 Å². The number of likely N-dealkylation sites (tertiary alicyclic amines) is 1. The van der Waals surface area contributed by atoms with Crippen LogP contribution in [0.25, 0.3) is 0 Å². The van der Waals surface area contributed by atoms with Crippen LogP contribution in [-0.2, 0) is 0 Å². The Kier molecular flexibility index (Phi) is 3.89. The first-order valence-electron chi connectivity index (χ1n) is 8.36. The van der Waals surface area contributed by atoms with Crippen LogP contribution in [0.1, 0.15) is 46.0 Å². The van der Waals surface area contributed by atoms with Crippen LogP contribution in [0.5, 0.6) is 0 Å². The molecule has 0 radical (unpaired) electrons. The van der Waals surface area contributed by atoms with Gasteiger partial charge in [0.2, 0.25) is 0 Å². The topological polar surface area (TPSA) is 32.5 Å². The standard InChI is InChI=1S/C16H31N3/c1-13-6-9-19(11-14(13)2)16(12-17)7-10-18-8-4-3-5-15(16)18/h13-15H,3-12,17H2,1-2H3. The molecule has 3 aliphatic rings. The summed E-state index contributed by atoms with van der Waals surface area (Å²) in [7, 11) is 0. The quantitative estimate of drug-likeness (QED) is 0.828. The molecule has 3 heterocycles. The predicted molar refractivity (Wildman–Crippen MR) is 80.1 cm³/mol. The van der Waals surface area contributed by atoms with Crippen LogP contribution >= 0.6 is 0 Å². The van der Waals surface area contributed by atoms with Crippen LogP contribution in [0.4, 0.5) is 0 Å². The van der Waals surface area contributed by atoms with E-state index in [4.69, 9.17) is 5.73 Å². The Balaban J connectivity index is 1.79. The number of hydrogen-bond acceptors (Lipinski definition) is 3. The van der Waals surface area contributed by atoms with Gasteiger partial charge in [0.1, 0.15) is 0 Å². The molecular weight excluding hydrogens is 234 g/mol. The fourth-order valence-electron chi connectivity index (χ4n) is 4.77. The summed E-state index contributed by atoms with van der Waals surface area (Å²) in [5, 5.41) is 0. The Morgan fingerprint density at radius 3 is 2.63 bits per heavy atom. The van der Waals surface area contributed by atoms with Crippen molar-refractivity contribution in [2.24, 2.45) is 17.6 Å². The van der Waals surface area contributed by atoms with Crippen LogP contribution in [-0.4, -0.2) is 54.1 Å². The Labute approximate surface area is 118 Å². The number of nitrogens with two attached hydrogens (primary N) is 1. The van der Waals surface area contributed by atoms with Crippen molar-refractivity contribution in [2.75, 3.05) is 32.7 Å². The molecule has 4 unspecified atom stereocenters. The molecule has 110 valence electrons. The second-order valence-corrected chi connectivity index (χ2v) is 7.29. The van der Waals surface area contributed by atoms with Crippen molar-refractivity contribution in [2.45, 2.75) is 57.5 Å². The third-order valence-corrected chi connectivity index (χ3v) is 6.38. The number of piperidine rings is 2. The van der Waals surface area contributed by atoms with E-state index in [9.17, 15) is 0 Å². The van der Waals surface area contributed by atoms with E-state index in [0.717, 1.165) is 24.4 Å². The minimum atomic E-state index is 0.300. The molecule has 0 spiro atoms. The van der Waals surface area contributed by atoms with Gasteiger partial charge in [-0.3, -0.25) is 9.80 Å². The molecule has 0 bridgehead atoms. The molecule has 0 aromatic carbocycles. The molecule has 19 heavy (non-hydrogen) atoms. The molecule has 3 heteroatoms. The lowest BCUT2D eigenvalue weighted by molar-refractivity contribution is -0.00243. The fourth-order valence-corrected chi connectivity index (χ4v) is 4.77. The average Bonchev–Trinajstić information content (AvgIpc) is 2.82. The van der Waals surface area contributed by atoms with Crippen molar-refractivity contribution >= 4 is 0 Å². The van der Waals surface area contributed by atoms with Gasteiger partial charge < -0.3 is 5.73 Å². The summed E-state index contributed by atoms with van der Waals surface area (Å²) < 4.78 is 0. The van der Waals surface area contributed by atoms with Gasteiger partial charge in [-0.15, -0.1) is 0 Å². The highest BCUT2D eigenvalue weighted by molar-refractivity contribution is 5.09. The minimum absolute atomic E-state index is 0.300. The van der Waals surface area contributed by atoms with E-state index < -0.39 is 0 Å². The van der Waals surface area contributed by atoms with E-state index >= 15 is 0 Å². The van der Waals surface area contributed by atoms with Crippen molar-refractivity contribution in [3.8, 4) is 0 Å². The lowest BCUT2D eigenvalue weighted by Crippen LogP contribution is -2.64. The maximum absolute atomic E-state index is 6.32. The molecule has 4 atom stereocenters. The summed E-state index contributed by atoms with van der Waals surface area (Å²) in [6.45, 7) is 10.8. The monoisotopic (exact) mass is 265 g/mol. The number of hydrogen-bond donors (Lipinski definition) is 1. The lowest BCUT2D eigenvalue weighted by atomic mass is 9.79. The van der Waals surface area contributed by atoms with E-state index in [0.29, 0.717) is 5.54 Å². The normalized spacial score (nSPS) is 45.3. The van der Waals surface area contributed by atoms with Crippen molar-refractivity contribution < 1.29 is 0 Å². The van der Waals surface area contributed by atoms with Crippen LogP contribution < -0.4 is 5.73 Å². The second kappa shape index (κ2) is 5.34. The molecule has 2 N–H and O–H groups in total. The summed E-state index contributed by atoms with van der Waals surface area (Å²) in [6.07, 6.45) is 6.83. The zero-order valence-corrected chi connectivity index (χ0v) is 12.8. The van der Waals surface area contributed by atoms with Gasteiger partial charge in [-0.05, 0) is 50.6 Å². The van der Waals surface area contributed by atoms with Gasteiger partial charge in [0, 0.05) is 31.2 Å². The molecule has 3 rings (SSSR count). The molecule has 0 aromatic rings. The summed E-state index contributed by atoms with van der Waals surface area (Å²) in [5.74, 6) is 1.71.